The molecule has 0 fully saturated rings. The number of carbonyl (C=O) groups is 3. The van der Waals surface area contributed by atoms with Gasteiger partial charge in [-0.2, -0.15) is 0 Å². The summed E-state index contributed by atoms with van der Waals surface area (Å²) in [7, 11) is 0. The quantitative estimate of drug-likeness (QED) is 0.0261. The second-order valence-electron chi connectivity index (χ2n) is 19.5. The number of rotatable bonds is 53. The van der Waals surface area contributed by atoms with E-state index in [1.165, 1.54) is 64.2 Å². The fraction of sp³-hybridized carbons (Fsp3) is 0.657. The van der Waals surface area contributed by atoms with Crippen LogP contribution in [0.5, 0.6) is 0 Å². The summed E-state index contributed by atoms with van der Waals surface area (Å²) in [5.74, 6) is -0.931. The summed E-state index contributed by atoms with van der Waals surface area (Å²) in [5, 5.41) is 0. The van der Waals surface area contributed by atoms with Crippen molar-refractivity contribution in [2.75, 3.05) is 13.2 Å². The molecular weight excluding hydrogens is 901 g/mol. The van der Waals surface area contributed by atoms with Crippen LogP contribution in [0.3, 0.4) is 0 Å². The Hall–Kier alpha value is -4.19. The number of hydrogen-bond acceptors (Lipinski definition) is 6. The van der Waals surface area contributed by atoms with Gasteiger partial charge in [0.2, 0.25) is 0 Å². The van der Waals surface area contributed by atoms with Crippen LogP contribution in [-0.2, 0) is 28.6 Å². The Bertz CT molecular complexity index is 1540. The third kappa shape index (κ3) is 58.6. The molecule has 0 aromatic heterocycles. The monoisotopic (exact) mass is 1010 g/mol. The van der Waals surface area contributed by atoms with Gasteiger partial charge in [-0.15, -0.1) is 0 Å². The van der Waals surface area contributed by atoms with Crippen LogP contribution in [0.25, 0.3) is 0 Å². The lowest BCUT2D eigenvalue weighted by Gasteiger charge is -2.18. The van der Waals surface area contributed by atoms with E-state index in [0.29, 0.717) is 19.3 Å². The molecular formula is C67H110O6. The molecule has 0 amide bonds. The van der Waals surface area contributed by atoms with Crippen LogP contribution in [0.1, 0.15) is 265 Å². The highest BCUT2D eigenvalue weighted by molar-refractivity contribution is 5.71. The van der Waals surface area contributed by atoms with Gasteiger partial charge in [-0.3, -0.25) is 14.4 Å². The molecule has 1 unspecified atom stereocenters. The Balaban J connectivity index is 4.39. The molecule has 6 heteroatoms. The Morgan fingerprint density at radius 1 is 0.288 bits per heavy atom. The van der Waals surface area contributed by atoms with Crippen molar-refractivity contribution in [3.63, 3.8) is 0 Å². The van der Waals surface area contributed by atoms with Gasteiger partial charge in [0.1, 0.15) is 13.2 Å². The molecule has 0 radical (unpaired) electrons. The largest absolute Gasteiger partial charge is 0.462 e. The summed E-state index contributed by atoms with van der Waals surface area (Å²) in [4.78, 5) is 38.2. The topological polar surface area (TPSA) is 78.9 Å². The molecule has 0 aromatic rings. The van der Waals surface area contributed by atoms with E-state index < -0.39 is 6.10 Å². The van der Waals surface area contributed by atoms with Crippen molar-refractivity contribution in [3.05, 3.63) is 122 Å². The first-order chi connectivity index (χ1) is 36.0. The van der Waals surface area contributed by atoms with E-state index in [9.17, 15) is 14.4 Å². The van der Waals surface area contributed by atoms with Gasteiger partial charge in [0.25, 0.3) is 0 Å². The average Bonchev–Trinajstić information content (AvgIpc) is 3.39. The number of carbonyl (C=O) groups excluding carboxylic acids is 3. The second-order valence-corrected chi connectivity index (χ2v) is 19.5. The summed E-state index contributed by atoms with van der Waals surface area (Å²) in [5.41, 5.74) is 0. The van der Waals surface area contributed by atoms with E-state index in [0.717, 1.165) is 161 Å². The lowest BCUT2D eigenvalue weighted by molar-refractivity contribution is -0.167. The molecule has 0 saturated carbocycles. The smallest absolute Gasteiger partial charge is 0.306 e. The standard InChI is InChI=1S/C67H110O6/c1-4-7-10-13-16-19-22-25-28-29-30-31-32-33-34-35-36-37-40-42-45-48-51-54-57-60-66(69)72-63-64(73-67(70)61-58-55-52-49-46-43-39-27-24-21-18-15-12-9-6-3)62-71-65(68)59-56-53-50-47-44-41-38-26-23-20-17-14-11-8-5-2/h7,9-10,12,16-21,25-28,30-31,33-34,38-39,64H,4-6,8,11,13-15,22-24,29,32,35-37,40-63H2,1-3H3/b10-7-,12-9-,19-16-,20-17-,21-18-,28-25-,31-30-,34-33-,38-26-,39-27-. The van der Waals surface area contributed by atoms with Crippen LogP contribution in [0.2, 0.25) is 0 Å². The third-order valence-electron chi connectivity index (χ3n) is 12.4. The van der Waals surface area contributed by atoms with Crippen molar-refractivity contribution >= 4 is 17.9 Å². The molecule has 0 heterocycles. The van der Waals surface area contributed by atoms with Gasteiger partial charge in [0.15, 0.2) is 6.10 Å². The molecule has 414 valence electrons. The first-order valence-corrected chi connectivity index (χ1v) is 30.0. The molecule has 73 heavy (non-hydrogen) atoms. The van der Waals surface area contributed by atoms with E-state index in [-0.39, 0.29) is 31.1 Å². The number of esters is 3. The van der Waals surface area contributed by atoms with Crippen molar-refractivity contribution in [2.24, 2.45) is 0 Å². The summed E-state index contributed by atoms with van der Waals surface area (Å²) in [6.07, 6.45) is 83.3. The average molecular weight is 1010 g/mol. The minimum atomic E-state index is -0.799. The van der Waals surface area contributed by atoms with E-state index in [1.807, 2.05) is 0 Å². The summed E-state index contributed by atoms with van der Waals surface area (Å²) < 4.78 is 16.9. The molecule has 0 aliphatic carbocycles. The maximum absolute atomic E-state index is 12.9. The molecule has 1 atom stereocenters. The predicted molar refractivity (Wildman–Crippen MR) is 316 cm³/mol. The maximum Gasteiger partial charge on any atom is 0.306 e. The number of hydrogen-bond donors (Lipinski definition) is 0. The zero-order valence-electron chi connectivity index (χ0n) is 47.4. The SMILES string of the molecule is CC/C=C\C/C=C\C/C=C\C/C=C\C/C=C\CCCCCCCCCCCC(=O)OCC(COC(=O)CCCCCCC/C=C\C/C=C\CCCCC)OC(=O)CCCCCCC/C=C\C/C=C\C/C=C\CC. The van der Waals surface area contributed by atoms with Crippen molar-refractivity contribution in [2.45, 2.75) is 271 Å². The van der Waals surface area contributed by atoms with Crippen LogP contribution in [0.15, 0.2) is 122 Å². The number of ether oxygens (including phenoxy) is 3. The maximum atomic E-state index is 12.9. The van der Waals surface area contributed by atoms with Crippen molar-refractivity contribution in [3.8, 4) is 0 Å². The van der Waals surface area contributed by atoms with E-state index in [1.54, 1.807) is 0 Å². The van der Waals surface area contributed by atoms with Crippen molar-refractivity contribution < 1.29 is 28.6 Å². The fourth-order valence-electron chi connectivity index (χ4n) is 7.98. The molecule has 0 rings (SSSR count). The normalized spacial score (nSPS) is 13.0. The van der Waals surface area contributed by atoms with Gasteiger partial charge in [-0.1, -0.05) is 239 Å². The fourth-order valence-corrected chi connectivity index (χ4v) is 7.98. The van der Waals surface area contributed by atoms with Crippen LogP contribution in [0.4, 0.5) is 0 Å². The Kier molecular flexibility index (Phi) is 56.9. The van der Waals surface area contributed by atoms with Crippen molar-refractivity contribution in [1.82, 2.24) is 0 Å². The van der Waals surface area contributed by atoms with E-state index >= 15 is 0 Å². The molecule has 0 spiro atoms. The van der Waals surface area contributed by atoms with Crippen LogP contribution < -0.4 is 0 Å². The second kappa shape index (κ2) is 60.4. The molecule has 0 bridgehead atoms. The highest BCUT2D eigenvalue weighted by Crippen LogP contribution is 2.14. The lowest BCUT2D eigenvalue weighted by Crippen LogP contribution is -2.30. The van der Waals surface area contributed by atoms with Gasteiger partial charge < -0.3 is 14.2 Å². The molecule has 0 N–H and O–H groups in total. The van der Waals surface area contributed by atoms with Gasteiger partial charge in [-0.25, -0.2) is 0 Å². The van der Waals surface area contributed by atoms with Crippen LogP contribution >= 0.6 is 0 Å². The number of allylic oxidation sites excluding steroid dienone is 20. The van der Waals surface area contributed by atoms with Gasteiger partial charge >= 0.3 is 17.9 Å². The predicted octanol–water partition coefficient (Wildman–Crippen LogP) is 20.4. The lowest BCUT2D eigenvalue weighted by atomic mass is 10.1. The summed E-state index contributed by atoms with van der Waals surface area (Å²) in [6, 6.07) is 0. The summed E-state index contributed by atoms with van der Waals surface area (Å²) in [6.45, 7) is 6.36. The van der Waals surface area contributed by atoms with Crippen LogP contribution in [-0.4, -0.2) is 37.2 Å². The molecule has 0 aliphatic rings. The molecule has 6 nitrogen and oxygen atoms in total. The summed E-state index contributed by atoms with van der Waals surface area (Å²) >= 11 is 0. The molecule has 0 aliphatic heterocycles. The van der Waals surface area contributed by atoms with Crippen LogP contribution in [0, 0.1) is 0 Å². The Morgan fingerprint density at radius 3 is 0.836 bits per heavy atom. The minimum absolute atomic E-state index is 0.0954. The third-order valence-corrected chi connectivity index (χ3v) is 12.4. The zero-order chi connectivity index (χ0) is 52.9. The Labute approximate surface area is 450 Å². The highest BCUT2D eigenvalue weighted by Gasteiger charge is 2.19. The molecule has 0 saturated heterocycles. The van der Waals surface area contributed by atoms with Gasteiger partial charge in [-0.05, 0) is 128 Å². The highest BCUT2D eigenvalue weighted by atomic mass is 16.6. The molecule has 0 aromatic carbocycles. The number of unbranched alkanes of at least 4 members (excludes halogenated alkanes) is 22. The first kappa shape index (κ1) is 68.8. The van der Waals surface area contributed by atoms with Gasteiger partial charge in [0, 0.05) is 19.3 Å². The van der Waals surface area contributed by atoms with E-state index in [4.69, 9.17) is 14.2 Å². The first-order valence-electron chi connectivity index (χ1n) is 30.0. The zero-order valence-corrected chi connectivity index (χ0v) is 47.4. The van der Waals surface area contributed by atoms with Gasteiger partial charge in [0.05, 0.1) is 0 Å². The Morgan fingerprint density at radius 2 is 0.534 bits per heavy atom. The van der Waals surface area contributed by atoms with E-state index in [2.05, 4.69) is 142 Å². The van der Waals surface area contributed by atoms with Crippen molar-refractivity contribution in [1.29, 1.82) is 0 Å². The minimum Gasteiger partial charge on any atom is -0.462 e.